The predicted octanol–water partition coefficient (Wildman–Crippen LogP) is 10.9. The second kappa shape index (κ2) is 11.7. The third-order valence-corrected chi connectivity index (χ3v) is 10.2. The van der Waals surface area contributed by atoms with Crippen molar-refractivity contribution < 1.29 is 4.74 Å². The van der Waals surface area contributed by atoms with E-state index in [1.165, 1.54) is 22.3 Å². The molecule has 10 rings (SSSR count). The van der Waals surface area contributed by atoms with Crippen molar-refractivity contribution in [1.82, 2.24) is 15.0 Å². The maximum absolute atomic E-state index is 9.86. The Morgan fingerprint density at radius 1 is 0.404 bits per heavy atom. The average Bonchev–Trinajstić information content (AvgIpc) is 3.51. The lowest BCUT2D eigenvalue weighted by Gasteiger charge is -2.39. The third kappa shape index (κ3) is 4.52. The van der Waals surface area contributed by atoms with Gasteiger partial charge in [-0.25, -0.2) is 15.0 Å². The van der Waals surface area contributed by atoms with Gasteiger partial charge in [-0.3, -0.25) is 0 Å². The van der Waals surface area contributed by atoms with E-state index in [2.05, 4.69) is 91.0 Å². The summed E-state index contributed by atoms with van der Waals surface area (Å²) in [6.07, 6.45) is 0. The van der Waals surface area contributed by atoms with Crippen molar-refractivity contribution >= 4 is 0 Å². The Kier molecular flexibility index (Phi) is 6.70. The Morgan fingerprint density at radius 2 is 0.885 bits per heavy atom. The molecule has 1 aliphatic heterocycles. The first-order chi connectivity index (χ1) is 25.7. The molecule has 1 spiro atoms. The molecule has 52 heavy (non-hydrogen) atoms. The number of hydrogen-bond donors (Lipinski definition) is 0. The first kappa shape index (κ1) is 29.7. The number of aromatic nitrogens is 3. The van der Waals surface area contributed by atoms with Gasteiger partial charge >= 0.3 is 0 Å². The molecule has 0 saturated carbocycles. The molecule has 5 nitrogen and oxygen atoms in total. The molecule has 0 amide bonds. The largest absolute Gasteiger partial charge is 0.457 e. The van der Waals surface area contributed by atoms with E-state index in [1.807, 2.05) is 84.9 Å². The number of hydrogen-bond acceptors (Lipinski definition) is 5. The lowest BCUT2D eigenvalue weighted by Crippen LogP contribution is -2.32. The fourth-order valence-corrected chi connectivity index (χ4v) is 7.94. The first-order valence-corrected chi connectivity index (χ1v) is 17.2. The van der Waals surface area contributed by atoms with Gasteiger partial charge in [-0.1, -0.05) is 146 Å². The first-order valence-electron chi connectivity index (χ1n) is 17.2. The molecule has 8 aromatic rings. The SMILES string of the molecule is N#Cc1ccc2c(c1)Oc1cc(-c3cccc(-c4nc(-c5ccccc5)nc(-c5ccccc5)n4)c3)ccc1C21c2ccccc2-c2ccccc21. The molecule has 0 atom stereocenters. The molecular formula is C47H28N4O. The minimum absolute atomic E-state index is 0.558. The summed E-state index contributed by atoms with van der Waals surface area (Å²) in [7, 11) is 0. The average molecular weight is 665 g/mol. The highest BCUT2D eigenvalue weighted by atomic mass is 16.5. The summed E-state index contributed by atoms with van der Waals surface area (Å²) >= 11 is 0. The van der Waals surface area contributed by atoms with Crippen LogP contribution in [-0.2, 0) is 5.41 Å². The summed E-state index contributed by atoms with van der Waals surface area (Å²) in [6, 6.07) is 60.3. The summed E-state index contributed by atoms with van der Waals surface area (Å²) in [5, 5.41) is 9.86. The molecule has 0 radical (unpaired) electrons. The molecule has 0 saturated heterocycles. The van der Waals surface area contributed by atoms with Crippen molar-refractivity contribution in [2.24, 2.45) is 0 Å². The minimum atomic E-state index is -0.600. The van der Waals surface area contributed by atoms with Gasteiger partial charge in [-0.05, 0) is 57.6 Å². The van der Waals surface area contributed by atoms with Crippen LogP contribution in [0.4, 0.5) is 0 Å². The molecule has 5 heteroatoms. The Labute approximate surface area is 301 Å². The van der Waals surface area contributed by atoms with Crippen LogP contribution in [0.2, 0.25) is 0 Å². The number of fused-ring (bicyclic) bond motifs is 9. The molecule has 1 aliphatic carbocycles. The Hall–Kier alpha value is -7.16. The second-order valence-electron chi connectivity index (χ2n) is 13.1. The van der Waals surface area contributed by atoms with Crippen LogP contribution in [0.25, 0.3) is 56.4 Å². The van der Waals surface area contributed by atoms with Crippen molar-refractivity contribution in [3.05, 3.63) is 198 Å². The van der Waals surface area contributed by atoms with Crippen LogP contribution in [0.3, 0.4) is 0 Å². The Balaban J connectivity index is 1.13. The number of nitriles is 1. The highest BCUT2D eigenvalue weighted by Crippen LogP contribution is 2.62. The fraction of sp³-hybridized carbons (Fsp3) is 0.0213. The maximum atomic E-state index is 9.86. The fourth-order valence-electron chi connectivity index (χ4n) is 7.94. The summed E-state index contributed by atoms with van der Waals surface area (Å²) in [5.74, 6) is 3.29. The van der Waals surface area contributed by atoms with E-state index in [9.17, 15) is 5.26 Å². The summed E-state index contributed by atoms with van der Waals surface area (Å²) in [6.45, 7) is 0. The van der Waals surface area contributed by atoms with Gasteiger partial charge in [0.1, 0.15) is 11.5 Å². The van der Waals surface area contributed by atoms with E-state index in [0.717, 1.165) is 44.7 Å². The van der Waals surface area contributed by atoms with Crippen molar-refractivity contribution in [2.75, 3.05) is 0 Å². The number of rotatable bonds is 4. The number of nitrogens with zero attached hydrogens (tertiary/aromatic N) is 4. The standard InChI is InChI=1S/C47H28N4O/c48-29-30-22-24-40-42(26-30)52-43-28-34(23-25-41(43)47(40)38-20-9-7-18-36(38)37-19-8-10-21-39(37)47)33-16-11-17-35(27-33)46-50-44(31-12-3-1-4-13-31)49-45(51-46)32-14-5-2-6-15-32/h1-28H. The van der Waals surface area contributed by atoms with Crippen LogP contribution in [0.5, 0.6) is 11.5 Å². The van der Waals surface area contributed by atoms with Gasteiger partial charge in [0.2, 0.25) is 0 Å². The number of benzene rings is 7. The number of ether oxygens (including phenoxy) is 1. The molecule has 0 bridgehead atoms. The van der Waals surface area contributed by atoms with E-state index >= 15 is 0 Å². The monoisotopic (exact) mass is 664 g/mol. The minimum Gasteiger partial charge on any atom is -0.457 e. The second-order valence-corrected chi connectivity index (χ2v) is 13.1. The van der Waals surface area contributed by atoms with Gasteiger partial charge < -0.3 is 4.74 Å². The lowest BCUT2D eigenvalue weighted by molar-refractivity contribution is 0.436. The summed E-state index contributed by atoms with van der Waals surface area (Å²) < 4.78 is 6.76. The molecule has 0 N–H and O–H groups in total. The van der Waals surface area contributed by atoms with E-state index in [-0.39, 0.29) is 0 Å². The molecule has 2 heterocycles. The van der Waals surface area contributed by atoms with Crippen molar-refractivity contribution in [3.8, 4) is 74.0 Å². The maximum Gasteiger partial charge on any atom is 0.164 e. The zero-order chi connectivity index (χ0) is 34.6. The van der Waals surface area contributed by atoms with Crippen LogP contribution in [0.15, 0.2) is 170 Å². The van der Waals surface area contributed by atoms with Crippen molar-refractivity contribution in [3.63, 3.8) is 0 Å². The van der Waals surface area contributed by atoms with Crippen LogP contribution in [0, 0.1) is 11.3 Å². The van der Waals surface area contributed by atoms with Gasteiger partial charge in [0.15, 0.2) is 17.5 Å². The Morgan fingerprint density at radius 3 is 1.50 bits per heavy atom. The normalized spacial score (nSPS) is 12.9. The third-order valence-electron chi connectivity index (χ3n) is 10.2. The van der Waals surface area contributed by atoms with Crippen LogP contribution < -0.4 is 4.74 Å². The van der Waals surface area contributed by atoms with Crippen LogP contribution in [-0.4, -0.2) is 15.0 Å². The quantitative estimate of drug-likeness (QED) is 0.187. The van der Waals surface area contributed by atoms with Gasteiger partial charge in [0, 0.05) is 27.8 Å². The van der Waals surface area contributed by atoms with Crippen molar-refractivity contribution in [2.45, 2.75) is 5.41 Å². The summed E-state index contributed by atoms with van der Waals surface area (Å²) in [4.78, 5) is 14.8. The molecule has 242 valence electrons. The molecule has 0 fully saturated rings. The van der Waals surface area contributed by atoms with Gasteiger partial charge in [-0.2, -0.15) is 5.26 Å². The lowest BCUT2D eigenvalue weighted by atomic mass is 9.66. The Bertz CT molecular complexity index is 2630. The smallest absolute Gasteiger partial charge is 0.164 e. The van der Waals surface area contributed by atoms with Crippen molar-refractivity contribution in [1.29, 1.82) is 5.26 Å². The highest BCUT2D eigenvalue weighted by molar-refractivity contribution is 5.89. The van der Waals surface area contributed by atoms with Crippen LogP contribution in [0.1, 0.15) is 27.8 Å². The van der Waals surface area contributed by atoms with E-state index < -0.39 is 5.41 Å². The van der Waals surface area contributed by atoms with Gasteiger partial charge in [0.05, 0.1) is 17.0 Å². The zero-order valence-electron chi connectivity index (χ0n) is 27.9. The van der Waals surface area contributed by atoms with E-state index in [0.29, 0.717) is 28.8 Å². The zero-order valence-corrected chi connectivity index (χ0v) is 27.9. The molecule has 7 aromatic carbocycles. The van der Waals surface area contributed by atoms with E-state index in [1.54, 1.807) is 0 Å². The van der Waals surface area contributed by atoms with E-state index in [4.69, 9.17) is 19.7 Å². The highest BCUT2D eigenvalue weighted by Gasteiger charge is 2.51. The summed E-state index contributed by atoms with van der Waals surface area (Å²) in [5.41, 5.74) is 11.6. The molecule has 0 unspecified atom stereocenters. The molecule has 1 aromatic heterocycles. The van der Waals surface area contributed by atoms with Gasteiger partial charge in [-0.15, -0.1) is 0 Å². The molecular weight excluding hydrogens is 637 g/mol. The van der Waals surface area contributed by atoms with Gasteiger partial charge in [0.25, 0.3) is 0 Å². The predicted molar refractivity (Wildman–Crippen MR) is 204 cm³/mol. The molecule has 2 aliphatic rings. The topological polar surface area (TPSA) is 71.7 Å². The van der Waals surface area contributed by atoms with Crippen LogP contribution >= 0.6 is 0 Å².